The summed E-state index contributed by atoms with van der Waals surface area (Å²) in [5.41, 5.74) is 1.82. The van der Waals surface area contributed by atoms with E-state index in [2.05, 4.69) is 6.55 Å². The van der Waals surface area contributed by atoms with E-state index in [9.17, 15) is 8.78 Å². The lowest BCUT2D eigenvalue weighted by Crippen LogP contribution is -2.27. The van der Waals surface area contributed by atoms with Gasteiger partial charge in [0.05, 0.1) is 0 Å². The molecule has 1 saturated heterocycles. The maximum Gasteiger partial charge on any atom is 0.270 e. The van der Waals surface area contributed by atoms with E-state index in [1.165, 1.54) is 5.56 Å². The molecule has 1 aromatic rings. The topological polar surface area (TPSA) is 0 Å². The molecule has 0 aliphatic carbocycles. The molecule has 98 valence electrons. The summed E-state index contributed by atoms with van der Waals surface area (Å²) in [5, 5.41) is 0. The van der Waals surface area contributed by atoms with Crippen molar-refractivity contribution in [2.24, 2.45) is 0 Å². The van der Waals surface area contributed by atoms with E-state index >= 15 is 0 Å². The molecule has 0 radical (unpaired) electrons. The van der Waals surface area contributed by atoms with Crippen LogP contribution in [0.5, 0.6) is 0 Å². The van der Waals surface area contributed by atoms with Gasteiger partial charge in [0.2, 0.25) is 0 Å². The highest BCUT2D eigenvalue weighted by atomic mass is 35.6. The van der Waals surface area contributed by atoms with E-state index in [0.717, 1.165) is 31.0 Å². The number of rotatable bonds is 2. The Morgan fingerprint density at radius 2 is 1.78 bits per heavy atom. The van der Waals surface area contributed by atoms with Crippen LogP contribution in [0.2, 0.25) is 18.6 Å². The first-order valence-corrected chi connectivity index (χ1v) is 10.2. The lowest BCUT2D eigenvalue weighted by molar-refractivity contribution is 0.429. The molecule has 0 nitrogen and oxygen atoms in total. The monoisotopic (exact) mass is 286 g/mol. The summed E-state index contributed by atoms with van der Waals surface area (Å²) in [5.74, 6) is 0.553. The molecule has 1 aromatic carbocycles. The van der Waals surface area contributed by atoms with Crippen molar-refractivity contribution in [3.63, 3.8) is 0 Å². The first-order valence-electron chi connectivity index (χ1n) is 6.28. The summed E-state index contributed by atoms with van der Waals surface area (Å²) in [7, 11) is -1.43. The van der Waals surface area contributed by atoms with Crippen LogP contribution in [0.4, 0.5) is 8.78 Å². The molecule has 0 atom stereocenters. The van der Waals surface area contributed by atoms with Gasteiger partial charge in [0.1, 0.15) is 0 Å². The molecule has 18 heavy (non-hydrogen) atoms. The standard InChI is InChI=1S/C14H17ClF2Si/c1-18(15)8-6-13(7-9-18)12-4-2-11(3-5-12)10-14(16)17/h2-5,10,13H,6-9H2,1H3. The van der Waals surface area contributed by atoms with E-state index in [1.54, 1.807) is 12.1 Å². The summed E-state index contributed by atoms with van der Waals surface area (Å²) in [6, 6.07) is 9.77. The van der Waals surface area contributed by atoms with Crippen molar-refractivity contribution in [3.05, 3.63) is 41.5 Å². The van der Waals surface area contributed by atoms with E-state index in [0.29, 0.717) is 11.5 Å². The highest BCUT2D eigenvalue weighted by Gasteiger charge is 2.31. The number of hydrogen-bond donors (Lipinski definition) is 0. The van der Waals surface area contributed by atoms with Gasteiger partial charge in [-0.25, -0.2) is 0 Å². The maximum absolute atomic E-state index is 12.1. The Morgan fingerprint density at radius 3 is 2.28 bits per heavy atom. The van der Waals surface area contributed by atoms with Crippen LogP contribution < -0.4 is 0 Å². The van der Waals surface area contributed by atoms with Gasteiger partial charge < -0.3 is 0 Å². The SMILES string of the molecule is C[Si]1(Cl)CCC(c2ccc(C=C(F)F)cc2)CC1. The normalized spacial score (nSPS) is 27.9. The van der Waals surface area contributed by atoms with Gasteiger partial charge in [-0.05, 0) is 42.0 Å². The van der Waals surface area contributed by atoms with Crippen LogP contribution in [-0.2, 0) is 0 Å². The minimum absolute atomic E-state index is 0.553. The third-order valence-electron chi connectivity index (χ3n) is 3.71. The maximum atomic E-state index is 12.1. The zero-order valence-corrected chi connectivity index (χ0v) is 12.2. The lowest BCUT2D eigenvalue weighted by atomic mass is 9.93. The van der Waals surface area contributed by atoms with E-state index in [1.807, 2.05) is 12.1 Å². The summed E-state index contributed by atoms with van der Waals surface area (Å²) in [6.45, 7) is 2.22. The number of hydrogen-bond acceptors (Lipinski definition) is 0. The summed E-state index contributed by atoms with van der Waals surface area (Å²) in [4.78, 5) is 0. The summed E-state index contributed by atoms with van der Waals surface area (Å²) in [6.07, 6.45) is 1.52. The molecule has 0 amide bonds. The Hall–Kier alpha value is -0.673. The molecule has 0 unspecified atom stereocenters. The van der Waals surface area contributed by atoms with Crippen molar-refractivity contribution in [2.75, 3.05) is 0 Å². The molecule has 2 rings (SSSR count). The average Bonchev–Trinajstić information content (AvgIpc) is 2.30. The molecule has 0 spiro atoms. The fourth-order valence-corrected chi connectivity index (χ4v) is 5.35. The molecule has 0 N–H and O–H groups in total. The van der Waals surface area contributed by atoms with Crippen LogP contribution in [0.3, 0.4) is 0 Å². The van der Waals surface area contributed by atoms with E-state index in [4.69, 9.17) is 11.1 Å². The Morgan fingerprint density at radius 1 is 1.22 bits per heavy atom. The fraction of sp³-hybridized carbons (Fsp3) is 0.429. The highest BCUT2D eigenvalue weighted by molar-refractivity contribution is 7.19. The van der Waals surface area contributed by atoms with E-state index in [-0.39, 0.29) is 0 Å². The predicted molar refractivity (Wildman–Crippen MR) is 75.7 cm³/mol. The van der Waals surface area contributed by atoms with Crippen LogP contribution in [0, 0.1) is 0 Å². The molecular weight excluding hydrogens is 270 g/mol. The first-order chi connectivity index (χ1) is 8.46. The lowest BCUT2D eigenvalue weighted by Gasteiger charge is -2.30. The van der Waals surface area contributed by atoms with E-state index < -0.39 is 13.5 Å². The minimum Gasteiger partial charge on any atom is -0.173 e. The molecule has 4 heteroatoms. The van der Waals surface area contributed by atoms with Gasteiger partial charge in [0.25, 0.3) is 6.08 Å². The van der Waals surface area contributed by atoms with Gasteiger partial charge in [0, 0.05) is 6.08 Å². The quantitative estimate of drug-likeness (QED) is 0.489. The summed E-state index contributed by atoms with van der Waals surface area (Å²) < 4.78 is 24.2. The number of halogens is 3. The third kappa shape index (κ3) is 3.66. The van der Waals surface area contributed by atoms with Crippen LogP contribution in [0.1, 0.15) is 29.9 Å². The fourth-order valence-electron chi connectivity index (χ4n) is 2.54. The van der Waals surface area contributed by atoms with Gasteiger partial charge in [-0.3, -0.25) is 0 Å². The van der Waals surface area contributed by atoms with Crippen LogP contribution in [-0.4, -0.2) is 7.38 Å². The highest BCUT2D eigenvalue weighted by Crippen LogP contribution is 2.40. The predicted octanol–water partition coefficient (Wildman–Crippen LogP) is 5.62. The molecule has 1 aliphatic heterocycles. The number of benzene rings is 1. The smallest absolute Gasteiger partial charge is 0.173 e. The average molecular weight is 287 g/mol. The molecular formula is C14H17ClF2Si. The van der Waals surface area contributed by atoms with Crippen molar-refractivity contribution in [1.29, 1.82) is 0 Å². The van der Waals surface area contributed by atoms with Gasteiger partial charge in [-0.15, -0.1) is 0 Å². The van der Waals surface area contributed by atoms with Crippen molar-refractivity contribution in [2.45, 2.75) is 37.4 Å². The molecule has 0 saturated carbocycles. The first kappa shape index (κ1) is 13.8. The second kappa shape index (κ2) is 5.53. The second-order valence-electron chi connectivity index (χ2n) is 5.29. The Labute approximate surface area is 112 Å². The van der Waals surface area contributed by atoms with Gasteiger partial charge in [-0.2, -0.15) is 19.9 Å². The van der Waals surface area contributed by atoms with Crippen molar-refractivity contribution in [3.8, 4) is 0 Å². The Balaban J connectivity index is 2.05. The van der Waals surface area contributed by atoms with Crippen molar-refractivity contribution < 1.29 is 8.78 Å². The largest absolute Gasteiger partial charge is 0.270 e. The van der Waals surface area contributed by atoms with Crippen LogP contribution >= 0.6 is 11.1 Å². The summed E-state index contributed by atoms with van der Waals surface area (Å²) >= 11 is 6.46. The van der Waals surface area contributed by atoms with Gasteiger partial charge in [-0.1, -0.05) is 30.8 Å². The molecule has 1 aliphatic rings. The van der Waals surface area contributed by atoms with Gasteiger partial charge >= 0.3 is 0 Å². The van der Waals surface area contributed by atoms with Crippen molar-refractivity contribution in [1.82, 2.24) is 0 Å². The van der Waals surface area contributed by atoms with Crippen LogP contribution in [0.15, 0.2) is 30.3 Å². The van der Waals surface area contributed by atoms with Crippen molar-refractivity contribution >= 4 is 24.5 Å². The van der Waals surface area contributed by atoms with Crippen LogP contribution in [0.25, 0.3) is 6.08 Å². The minimum atomic E-state index is -1.65. The second-order valence-corrected chi connectivity index (χ2v) is 11.9. The Bertz CT molecular complexity index is 426. The zero-order chi connectivity index (χ0) is 13.2. The Kier molecular flexibility index (Phi) is 4.23. The molecule has 0 aromatic heterocycles. The van der Waals surface area contributed by atoms with Gasteiger partial charge in [0.15, 0.2) is 7.38 Å². The third-order valence-corrected chi connectivity index (χ3v) is 7.51. The zero-order valence-electron chi connectivity index (χ0n) is 10.4. The molecule has 1 heterocycles. The molecule has 0 bridgehead atoms. The molecule has 1 fully saturated rings.